The van der Waals surface area contributed by atoms with Crippen LogP contribution in [-0.2, 0) is 14.4 Å². The molecule has 1 amide bonds. The first-order valence-corrected chi connectivity index (χ1v) is 6.09. The average molecular weight is 265 g/mol. The fraction of sp³-hybridized carbons (Fsp3) is 0.462. The highest BCUT2D eigenvalue weighted by molar-refractivity contribution is 5.91. The Morgan fingerprint density at radius 1 is 1.32 bits per heavy atom. The van der Waals surface area contributed by atoms with Crippen molar-refractivity contribution in [2.75, 3.05) is 6.54 Å². The maximum atomic E-state index is 11.8. The minimum Gasteiger partial charge on any atom is -0.481 e. The molecule has 2 atom stereocenters. The highest BCUT2D eigenvalue weighted by Crippen LogP contribution is 2.27. The van der Waals surface area contributed by atoms with Gasteiger partial charge in [-0.15, -0.1) is 0 Å². The summed E-state index contributed by atoms with van der Waals surface area (Å²) < 4.78 is 0. The average Bonchev–Trinajstić information content (AvgIpc) is 2.73. The number of allylic oxidation sites excluding steroid dienone is 3. The fourth-order valence-corrected chi connectivity index (χ4v) is 2.48. The first-order valence-electron chi connectivity index (χ1n) is 6.09. The number of nitrogens with zero attached hydrogens (tertiary/aromatic N) is 1. The number of hydrogen-bond donors (Lipinski definition) is 2. The number of rotatable bonds is 4. The van der Waals surface area contributed by atoms with E-state index in [-0.39, 0.29) is 13.0 Å². The summed E-state index contributed by atoms with van der Waals surface area (Å²) in [6, 6.07) is -1.04. The normalized spacial score (nSPS) is 24.2. The van der Waals surface area contributed by atoms with Gasteiger partial charge in [-0.3, -0.25) is 9.59 Å². The van der Waals surface area contributed by atoms with Crippen molar-refractivity contribution in [3.63, 3.8) is 0 Å². The van der Waals surface area contributed by atoms with E-state index in [4.69, 9.17) is 5.11 Å². The van der Waals surface area contributed by atoms with Crippen molar-refractivity contribution in [2.45, 2.75) is 25.3 Å². The smallest absolute Gasteiger partial charge is 0.330 e. The zero-order valence-electron chi connectivity index (χ0n) is 10.3. The summed E-state index contributed by atoms with van der Waals surface area (Å²) in [6.07, 6.45) is 6.58. The van der Waals surface area contributed by atoms with Gasteiger partial charge in [0, 0.05) is 13.0 Å². The van der Waals surface area contributed by atoms with Gasteiger partial charge in [-0.1, -0.05) is 18.2 Å². The summed E-state index contributed by atoms with van der Waals surface area (Å²) >= 11 is 0. The molecule has 1 aliphatic carbocycles. The van der Waals surface area contributed by atoms with Crippen molar-refractivity contribution >= 4 is 17.8 Å². The molecule has 102 valence electrons. The molecule has 2 rings (SSSR count). The number of likely N-dealkylation sites (tertiary alicyclic amines) is 1. The number of carboxylic acids is 2. The monoisotopic (exact) mass is 265 g/mol. The van der Waals surface area contributed by atoms with Crippen molar-refractivity contribution in [2.24, 2.45) is 5.92 Å². The third-order valence-corrected chi connectivity index (χ3v) is 3.44. The summed E-state index contributed by atoms with van der Waals surface area (Å²) in [5.74, 6) is -3.39. The summed E-state index contributed by atoms with van der Waals surface area (Å²) in [5.41, 5.74) is 0.648. The summed E-state index contributed by atoms with van der Waals surface area (Å²) in [6.45, 7) is -0.0355. The van der Waals surface area contributed by atoms with E-state index in [0.29, 0.717) is 18.4 Å². The molecule has 0 bridgehead atoms. The van der Waals surface area contributed by atoms with Gasteiger partial charge in [-0.05, 0) is 18.4 Å². The van der Waals surface area contributed by atoms with Crippen LogP contribution in [0.3, 0.4) is 0 Å². The van der Waals surface area contributed by atoms with Gasteiger partial charge < -0.3 is 15.1 Å². The molecule has 19 heavy (non-hydrogen) atoms. The van der Waals surface area contributed by atoms with Crippen molar-refractivity contribution in [1.82, 2.24) is 4.90 Å². The Balaban J connectivity index is 2.21. The van der Waals surface area contributed by atoms with E-state index in [1.165, 1.54) is 4.90 Å². The van der Waals surface area contributed by atoms with Crippen LogP contribution in [0.25, 0.3) is 0 Å². The lowest BCUT2D eigenvalue weighted by atomic mass is 9.97. The van der Waals surface area contributed by atoms with Gasteiger partial charge >= 0.3 is 11.9 Å². The van der Waals surface area contributed by atoms with Crippen LogP contribution in [0.1, 0.15) is 19.3 Å². The minimum absolute atomic E-state index is 0.0355. The molecule has 1 fully saturated rings. The lowest BCUT2D eigenvalue weighted by Gasteiger charge is -2.27. The number of carbonyl (C=O) groups is 3. The van der Waals surface area contributed by atoms with Crippen molar-refractivity contribution in [3.05, 3.63) is 23.8 Å². The lowest BCUT2D eigenvalue weighted by molar-refractivity contribution is -0.147. The highest BCUT2D eigenvalue weighted by atomic mass is 16.4. The van der Waals surface area contributed by atoms with Gasteiger partial charge in [-0.25, -0.2) is 4.79 Å². The number of amides is 1. The maximum Gasteiger partial charge on any atom is 0.330 e. The molecular formula is C13H15NO5. The van der Waals surface area contributed by atoms with Crippen LogP contribution in [0.4, 0.5) is 0 Å². The molecule has 1 aliphatic heterocycles. The Labute approximate surface area is 110 Å². The van der Waals surface area contributed by atoms with Crippen LogP contribution in [0.15, 0.2) is 23.8 Å². The molecule has 6 heteroatoms. The first-order chi connectivity index (χ1) is 9.00. The molecule has 0 aromatic carbocycles. The molecule has 1 saturated heterocycles. The number of carbonyl (C=O) groups excluding carboxylic acids is 1. The van der Waals surface area contributed by atoms with Gasteiger partial charge in [-0.2, -0.15) is 0 Å². The van der Waals surface area contributed by atoms with Crippen LogP contribution >= 0.6 is 0 Å². The minimum atomic E-state index is -1.11. The zero-order valence-corrected chi connectivity index (χ0v) is 10.3. The second kappa shape index (κ2) is 5.26. The van der Waals surface area contributed by atoms with Gasteiger partial charge in [0.05, 0.1) is 5.92 Å². The van der Waals surface area contributed by atoms with Crippen molar-refractivity contribution < 1.29 is 24.6 Å². The molecule has 6 nitrogen and oxygen atoms in total. The summed E-state index contributed by atoms with van der Waals surface area (Å²) in [4.78, 5) is 35.3. The Bertz CT molecular complexity index is 479. The van der Waals surface area contributed by atoms with Crippen LogP contribution in [0.2, 0.25) is 0 Å². The van der Waals surface area contributed by atoms with E-state index < -0.39 is 29.8 Å². The molecule has 0 aromatic rings. The van der Waals surface area contributed by atoms with Gasteiger partial charge in [0.2, 0.25) is 5.91 Å². The molecule has 1 heterocycles. The Morgan fingerprint density at radius 2 is 2.05 bits per heavy atom. The summed E-state index contributed by atoms with van der Waals surface area (Å²) in [7, 11) is 0. The SMILES string of the molecule is O=C(O)C1CC(=O)N([C@@H](C(=O)O)C2=CCC=CC2)C1. The molecule has 2 N–H and O–H groups in total. The third-order valence-electron chi connectivity index (χ3n) is 3.44. The molecule has 0 saturated carbocycles. The molecule has 1 unspecified atom stereocenters. The van der Waals surface area contributed by atoms with Crippen LogP contribution in [0, 0.1) is 5.92 Å². The standard InChI is InChI=1S/C13H15NO5/c15-10-6-9(12(16)17)7-14(10)11(13(18)19)8-4-2-1-3-5-8/h1-2,5,9,11H,3-4,6-7H2,(H,16,17)(H,18,19)/t9?,11-/m1/s1. The number of aliphatic carboxylic acids is 2. The van der Waals surface area contributed by atoms with E-state index in [1.807, 2.05) is 12.2 Å². The second-order valence-electron chi connectivity index (χ2n) is 4.72. The molecule has 0 radical (unpaired) electrons. The molecule has 0 aromatic heterocycles. The lowest BCUT2D eigenvalue weighted by Crippen LogP contribution is -2.44. The quantitative estimate of drug-likeness (QED) is 0.728. The van der Waals surface area contributed by atoms with Crippen molar-refractivity contribution in [3.8, 4) is 0 Å². The van der Waals surface area contributed by atoms with Crippen LogP contribution in [-0.4, -0.2) is 45.5 Å². The largest absolute Gasteiger partial charge is 0.481 e. The zero-order chi connectivity index (χ0) is 14.0. The van der Waals surface area contributed by atoms with Gasteiger partial charge in [0.25, 0.3) is 0 Å². The third kappa shape index (κ3) is 2.67. The Kier molecular flexibility index (Phi) is 3.69. The van der Waals surface area contributed by atoms with E-state index in [0.717, 1.165) is 0 Å². The van der Waals surface area contributed by atoms with E-state index in [1.54, 1.807) is 6.08 Å². The predicted molar refractivity (Wildman–Crippen MR) is 65.3 cm³/mol. The number of hydrogen-bond acceptors (Lipinski definition) is 3. The summed E-state index contributed by atoms with van der Waals surface area (Å²) in [5, 5.41) is 18.2. The van der Waals surface area contributed by atoms with E-state index in [9.17, 15) is 19.5 Å². The predicted octanol–water partition coefficient (Wildman–Crippen LogP) is 0.649. The second-order valence-corrected chi connectivity index (χ2v) is 4.72. The molecule has 0 spiro atoms. The first kappa shape index (κ1) is 13.3. The van der Waals surface area contributed by atoms with E-state index in [2.05, 4.69) is 0 Å². The number of carboxylic acid groups (broad SMARTS) is 2. The van der Waals surface area contributed by atoms with Crippen LogP contribution in [0.5, 0.6) is 0 Å². The van der Waals surface area contributed by atoms with Gasteiger partial charge in [0.1, 0.15) is 0 Å². The highest BCUT2D eigenvalue weighted by Gasteiger charge is 2.41. The van der Waals surface area contributed by atoms with E-state index >= 15 is 0 Å². The Hall–Kier alpha value is -2.11. The molecular weight excluding hydrogens is 250 g/mol. The fourth-order valence-electron chi connectivity index (χ4n) is 2.48. The topological polar surface area (TPSA) is 94.9 Å². The van der Waals surface area contributed by atoms with Gasteiger partial charge in [0.15, 0.2) is 6.04 Å². The molecule has 2 aliphatic rings. The van der Waals surface area contributed by atoms with Crippen molar-refractivity contribution in [1.29, 1.82) is 0 Å². The maximum absolute atomic E-state index is 11.8. The Morgan fingerprint density at radius 3 is 2.53 bits per heavy atom. The van der Waals surface area contributed by atoms with Crippen LogP contribution < -0.4 is 0 Å².